The zero-order chi connectivity index (χ0) is 22.4. The predicted molar refractivity (Wildman–Crippen MR) is 127 cm³/mol. The van der Waals surface area contributed by atoms with Crippen LogP contribution in [0.25, 0.3) is 0 Å². The van der Waals surface area contributed by atoms with E-state index in [9.17, 15) is 4.79 Å². The maximum atomic E-state index is 12.2. The highest BCUT2D eigenvalue weighted by atomic mass is 35.5. The molecule has 0 saturated heterocycles. The lowest BCUT2D eigenvalue weighted by Gasteiger charge is -2.13. The van der Waals surface area contributed by atoms with Crippen LogP contribution in [0.4, 0.5) is 11.4 Å². The number of benzene rings is 3. The molecule has 0 unspecified atom stereocenters. The van der Waals surface area contributed by atoms with Gasteiger partial charge in [0.15, 0.2) is 18.1 Å². The number of hydrogen-bond donors (Lipinski definition) is 1. The number of hydrogen-bond acceptors (Lipinski definition) is 4. The van der Waals surface area contributed by atoms with Crippen LogP contribution < -0.4 is 14.8 Å². The minimum Gasteiger partial charge on any atom is -0.493 e. The first-order valence-corrected chi connectivity index (χ1v) is 10.3. The molecule has 0 saturated carbocycles. The molecule has 7 heteroatoms. The van der Waals surface area contributed by atoms with E-state index in [-0.39, 0.29) is 12.5 Å². The lowest BCUT2D eigenvalue weighted by Crippen LogP contribution is -2.20. The first-order valence-electron chi connectivity index (χ1n) is 9.53. The van der Waals surface area contributed by atoms with E-state index in [4.69, 9.17) is 32.7 Å². The molecule has 31 heavy (non-hydrogen) atoms. The maximum Gasteiger partial charge on any atom is 0.262 e. The summed E-state index contributed by atoms with van der Waals surface area (Å²) in [6, 6.07) is 16.5. The number of nitrogens with one attached hydrogen (secondary N) is 1. The molecule has 3 aromatic rings. The number of halogens is 2. The van der Waals surface area contributed by atoms with Gasteiger partial charge in [0.2, 0.25) is 0 Å². The van der Waals surface area contributed by atoms with E-state index in [1.807, 2.05) is 56.3 Å². The Morgan fingerprint density at radius 2 is 1.84 bits per heavy atom. The number of carbonyl (C=O) groups is 1. The molecule has 0 aliphatic carbocycles. The second kappa shape index (κ2) is 10.3. The van der Waals surface area contributed by atoms with Crippen molar-refractivity contribution in [1.82, 2.24) is 0 Å². The fourth-order valence-corrected chi connectivity index (χ4v) is 3.34. The molecule has 0 spiro atoms. The number of aliphatic imine (C=N–C) groups is 1. The van der Waals surface area contributed by atoms with Crippen molar-refractivity contribution in [2.45, 2.75) is 13.8 Å². The van der Waals surface area contributed by atoms with Gasteiger partial charge in [-0.1, -0.05) is 41.4 Å². The molecule has 0 aliphatic heterocycles. The van der Waals surface area contributed by atoms with Gasteiger partial charge in [-0.3, -0.25) is 9.79 Å². The molecule has 160 valence electrons. The van der Waals surface area contributed by atoms with Gasteiger partial charge < -0.3 is 14.8 Å². The molecular weight excluding hydrogens is 435 g/mol. The van der Waals surface area contributed by atoms with Crippen molar-refractivity contribution in [3.8, 4) is 11.5 Å². The molecule has 0 aliphatic rings. The summed E-state index contributed by atoms with van der Waals surface area (Å²) in [5.41, 5.74) is 4.12. The summed E-state index contributed by atoms with van der Waals surface area (Å²) in [5.74, 6) is 0.394. The summed E-state index contributed by atoms with van der Waals surface area (Å²) in [7, 11) is 1.51. The molecule has 1 amide bonds. The summed E-state index contributed by atoms with van der Waals surface area (Å²) in [6.07, 6.45) is 1.67. The number of anilines is 1. The van der Waals surface area contributed by atoms with Crippen molar-refractivity contribution in [2.24, 2.45) is 4.99 Å². The van der Waals surface area contributed by atoms with Gasteiger partial charge in [-0.25, -0.2) is 0 Å². The van der Waals surface area contributed by atoms with E-state index in [1.54, 1.807) is 18.3 Å². The van der Waals surface area contributed by atoms with Crippen LogP contribution in [0.2, 0.25) is 10.0 Å². The Labute approximate surface area is 191 Å². The zero-order valence-electron chi connectivity index (χ0n) is 17.4. The highest BCUT2D eigenvalue weighted by molar-refractivity contribution is 6.32. The number of rotatable bonds is 7. The van der Waals surface area contributed by atoms with Crippen LogP contribution in [0.5, 0.6) is 11.5 Å². The Morgan fingerprint density at radius 1 is 1.06 bits per heavy atom. The Morgan fingerprint density at radius 3 is 2.58 bits per heavy atom. The second-order valence-electron chi connectivity index (χ2n) is 6.88. The fraction of sp³-hybridized carbons (Fsp3) is 0.167. The quantitative estimate of drug-likeness (QED) is 0.419. The molecule has 3 rings (SSSR count). The third kappa shape index (κ3) is 6.00. The zero-order valence-corrected chi connectivity index (χ0v) is 18.9. The van der Waals surface area contributed by atoms with Gasteiger partial charge in [0.05, 0.1) is 17.8 Å². The minimum absolute atomic E-state index is 0.209. The molecule has 0 bridgehead atoms. The molecule has 0 aromatic heterocycles. The van der Waals surface area contributed by atoms with Crippen molar-refractivity contribution in [3.63, 3.8) is 0 Å². The summed E-state index contributed by atoms with van der Waals surface area (Å²) in [5, 5.41) is 3.75. The maximum absolute atomic E-state index is 12.2. The summed E-state index contributed by atoms with van der Waals surface area (Å²) < 4.78 is 11.0. The first-order chi connectivity index (χ1) is 14.9. The van der Waals surface area contributed by atoms with Crippen LogP contribution in [-0.2, 0) is 4.79 Å². The number of ether oxygens (including phenoxy) is 2. The third-order valence-electron chi connectivity index (χ3n) is 4.49. The van der Waals surface area contributed by atoms with E-state index in [2.05, 4.69) is 10.3 Å². The lowest BCUT2D eigenvalue weighted by atomic mass is 10.2. The molecule has 0 atom stereocenters. The van der Waals surface area contributed by atoms with Crippen LogP contribution in [0.1, 0.15) is 16.7 Å². The average molecular weight is 457 g/mol. The highest BCUT2D eigenvalue weighted by Gasteiger charge is 2.14. The minimum atomic E-state index is -0.300. The van der Waals surface area contributed by atoms with Crippen LogP contribution in [0.15, 0.2) is 59.6 Å². The van der Waals surface area contributed by atoms with Gasteiger partial charge in [-0.15, -0.1) is 0 Å². The van der Waals surface area contributed by atoms with Gasteiger partial charge in [0.25, 0.3) is 5.91 Å². The van der Waals surface area contributed by atoms with Crippen LogP contribution in [0, 0.1) is 13.8 Å². The van der Waals surface area contributed by atoms with Crippen LogP contribution in [-0.4, -0.2) is 25.8 Å². The topological polar surface area (TPSA) is 59.9 Å². The molecular formula is C24H22Cl2N2O3. The van der Waals surface area contributed by atoms with Crippen molar-refractivity contribution < 1.29 is 14.3 Å². The van der Waals surface area contributed by atoms with Crippen molar-refractivity contribution >= 4 is 46.7 Å². The van der Waals surface area contributed by atoms with Gasteiger partial charge in [0.1, 0.15) is 0 Å². The predicted octanol–water partition coefficient (Wildman–Crippen LogP) is 6.39. The van der Waals surface area contributed by atoms with Crippen LogP contribution in [0.3, 0.4) is 0 Å². The average Bonchev–Trinajstić information content (AvgIpc) is 2.73. The molecule has 3 aromatic carbocycles. The normalized spacial score (nSPS) is 10.9. The monoisotopic (exact) mass is 456 g/mol. The number of amides is 1. The molecule has 0 radical (unpaired) electrons. The van der Waals surface area contributed by atoms with Gasteiger partial charge in [-0.05, 0) is 66.9 Å². The Kier molecular flexibility index (Phi) is 7.55. The van der Waals surface area contributed by atoms with Crippen molar-refractivity contribution in [3.05, 3.63) is 81.3 Å². The van der Waals surface area contributed by atoms with Gasteiger partial charge in [0, 0.05) is 16.9 Å². The fourth-order valence-electron chi connectivity index (χ4n) is 2.89. The Balaban J connectivity index is 1.72. The second-order valence-corrected chi connectivity index (χ2v) is 7.70. The van der Waals surface area contributed by atoms with Crippen molar-refractivity contribution in [2.75, 3.05) is 19.0 Å². The summed E-state index contributed by atoms with van der Waals surface area (Å²) in [6.45, 7) is 3.65. The number of aryl methyl sites for hydroxylation is 1. The third-order valence-corrected chi connectivity index (χ3v) is 5.18. The molecule has 1 N–H and O–H groups in total. The van der Waals surface area contributed by atoms with E-state index in [0.717, 1.165) is 22.4 Å². The number of methoxy groups -OCH3 is 1. The van der Waals surface area contributed by atoms with Crippen molar-refractivity contribution in [1.29, 1.82) is 0 Å². The van der Waals surface area contributed by atoms with Gasteiger partial charge in [-0.2, -0.15) is 0 Å². The molecule has 0 heterocycles. The summed E-state index contributed by atoms with van der Waals surface area (Å²) in [4.78, 5) is 16.7. The number of carbonyl (C=O) groups excluding carboxylic acids is 1. The van der Waals surface area contributed by atoms with Gasteiger partial charge >= 0.3 is 0 Å². The smallest absolute Gasteiger partial charge is 0.262 e. The SMILES string of the molecule is COc1cc(C=Nc2cccc(Cl)c2C)cc(Cl)c1OCC(=O)Nc1cccc(C)c1. The largest absolute Gasteiger partial charge is 0.493 e. The molecule has 0 fully saturated rings. The Hall–Kier alpha value is -3.02. The van der Waals surface area contributed by atoms with E-state index in [0.29, 0.717) is 27.2 Å². The first kappa shape index (κ1) is 22.7. The molecule has 5 nitrogen and oxygen atoms in total. The van der Waals surface area contributed by atoms with Crippen LogP contribution >= 0.6 is 23.2 Å². The lowest BCUT2D eigenvalue weighted by molar-refractivity contribution is -0.118. The van der Waals surface area contributed by atoms with E-state index < -0.39 is 0 Å². The summed E-state index contributed by atoms with van der Waals surface area (Å²) >= 11 is 12.5. The highest BCUT2D eigenvalue weighted by Crippen LogP contribution is 2.36. The van der Waals surface area contributed by atoms with E-state index in [1.165, 1.54) is 7.11 Å². The Bertz CT molecular complexity index is 1130. The van der Waals surface area contributed by atoms with E-state index >= 15 is 0 Å². The standard InChI is InChI=1S/C24H22Cl2N2O3/c1-15-6-4-7-18(10-15)28-23(29)14-31-24-20(26)11-17(12-22(24)30-3)13-27-21-9-5-8-19(25)16(21)2/h4-13H,14H2,1-3H3,(H,28,29). The number of nitrogens with zero attached hydrogens (tertiary/aromatic N) is 1.